The molecule has 0 heterocycles. The van der Waals surface area contributed by atoms with Crippen molar-refractivity contribution in [3.05, 3.63) is 28.8 Å². The molecule has 2 unspecified atom stereocenters. The van der Waals surface area contributed by atoms with Gasteiger partial charge in [-0.3, -0.25) is 28.8 Å². The summed E-state index contributed by atoms with van der Waals surface area (Å²) in [6, 6.07) is 3.47. The maximum absolute atomic E-state index is 14.0. The minimum Gasteiger partial charge on any atom is -0.507 e. The van der Waals surface area contributed by atoms with Gasteiger partial charge >= 0.3 is 0 Å². The Balaban J connectivity index is 1.96. The Bertz CT molecular complexity index is 1260. The summed E-state index contributed by atoms with van der Waals surface area (Å²) in [6.07, 6.45) is -0.499. The summed E-state index contributed by atoms with van der Waals surface area (Å²) in [4.78, 5) is 78.7. The molecule has 0 saturated heterocycles. The van der Waals surface area contributed by atoms with E-state index in [2.05, 4.69) is 0 Å². The standard InChI is InChI=1S/C28H33NO8/c1-6-12(30)9-14-16-10-17(31)20(26(29)36)24(34)28(16,37)25(35)21-18(14)11(2)13-7-8-15(27(3,4)5)22(32)19(13)23(21)33/h7-8,11,14,16,18,20-21,32,37H,6,9-10H2,1-5H3,(H2,29,36)/t11-,14+,16+,18-,20?,21?,28+/m0/s1. The van der Waals surface area contributed by atoms with Gasteiger partial charge in [0.25, 0.3) is 0 Å². The van der Waals surface area contributed by atoms with Crippen LogP contribution >= 0.6 is 0 Å². The third-order valence-corrected chi connectivity index (χ3v) is 8.73. The number of ketones is 5. The summed E-state index contributed by atoms with van der Waals surface area (Å²) in [6.45, 7) is 9.01. The summed E-state index contributed by atoms with van der Waals surface area (Å²) in [7, 11) is 0. The molecule has 0 spiro atoms. The number of Topliss-reactive ketones (excluding diaryl/α,β-unsaturated/α-hetero) is 5. The van der Waals surface area contributed by atoms with Crippen molar-refractivity contribution in [2.75, 3.05) is 0 Å². The minimum atomic E-state index is -2.82. The van der Waals surface area contributed by atoms with E-state index in [0.29, 0.717) is 11.1 Å². The average Bonchev–Trinajstić information content (AvgIpc) is 2.79. The molecule has 4 N–H and O–H groups in total. The van der Waals surface area contributed by atoms with Crippen LogP contribution in [0.2, 0.25) is 0 Å². The van der Waals surface area contributed by atoms with E-state index >= 15 is 0 Å². The fraction of sp³-hybridized carbons (Fsp3) is 0.571. The van der Waals surface area contributed by atoms with Crippen molar-refractivity contribution >= 4 is 34.8 Å². The van der Waals surface area contributed by atoms with Crippen molar-refractivity contribution in [1.82, 2.24) is 0 Å². The number of aromatic hydroxyl groups is 1. The predicted molar refractivity (Wildman–Crippen MR) is 131 cm³/mol. The van der Waals surface area contributed by atoms with E-state index < -0.39 is 82.0 Å². The van der Waals surface area contributed by atoms with Gasteiger partial charge in [-0.1, -0.05) is 46.8 Å². The first kappa shape index (κ1) is 26.9. The van der Waals surface area contributed by atoms with Crippen LogP contribution in [0.3, 0.4) is 0 Å². The lowest BCUT2D eigenvalue weighted by atomic mass is 9.47. The van der Waals surface area contributed by atoms with E-state index in [1.165, 1.54) is 0 Å². The zero-order chi connectivity index (χ0) is 27.8. The fourth-order valence-electron chi connectivity index (χ4n) is 6.86. The van der Waals surface area contributed by atoms with E-state index in [-0.39, 0.29) is 29.9 Å². The molecule has 1 aromatic rings. The van der Waals surface area contributed by atoms with Crippen molar-refractivity contribution in [3.63, 3.8) is 0 Å². The van der Waals surface area contributed by atoms with Crippen LogP contribution in [0.5, 0.6) is 5.75 Å². The third kappa shape index (κ3) is 3.69. The molecule has 0 aliphatic heterocycles. The lowest BCUT2D eigenvalue weighted by Crippen LogP contribution is -2.71. The van der Waals surface area contributed by atoms with Crippen LogP contribution in [0.4, 0.5) is 0 Å². The topological polar surface area (TPSA) is 169 Å². The number of hydrogen-bond donors (Lipinski definition) is 3. The lowest BCUT2D eigenvalue weighted by molar-refractivity contribution is -0.183. The predicted octanol–water partition coefficient (Wildman–Crippen LogP) is 1.78. The molecule has 1 aromatic carbocycles. The number of carbonyl (C=O) groups excluding carboxylic acids is 6. The molecule has 2 saturated carbocycles. The number of rotatable bonds is 4. The van der Waals surface area contributed by atoms with E-state index in [0.717, 1.165) is 0 Å². The Morgan fingerprint density at radius 2 is 1.73 bits per heavy atom. The number of primary amides is 1. The number of hydrogen-bond acceptors (Lipinski definition) is 8. The molecule has 0 aromatic heterocycles. The SMILES string of the molecule is CCC(=O)C[C@H]1[C@H]2C(C(=O)c3c(ccc(C(C)(C)C)c3O)[C@@H]2C)C(=O)[C@]2(O)C(=O)C(C(N)=O)C(=O)C[C@H]12. The van der Waals surface area contributed by atoms with Crippen LogP contribution in [0.1, 0.15) is 81.3 Å². The number of benzene rings is 1. The van der Waals surface area contributed by atoms with Gasteiger partial charge in [0.05, 0.1) is 11.5 Å². The summed E-state index contributed by atoms with van der Waals surface area (Å²) in [5, 5.41) is 22.8. The van der Waals surface area contributed by atoms with Crippen LogP contribution in [0.25, 0.3) is 0 Å². The number of nitrogens with two attached hydrogens (primary N) is 1. The molecule has 7 atom stereocenters. The van der Waals surface area contributed by atoms with Gasteiger partial charge in [-0.2, -0.15) is 0 Å². The minimum absolute atomic E-state index is 0.0390. The Labute approximate surface area is 214 Å². The van der Waals surface area contributed by atoms with Crippen molar-refractivity contribution in [2.45, 2.75) is 70.8 Å². The van der Waals surface area contributed by atoms with Gasteiger partial charge in [-0.05, 0) is 34.3 Å². The van der Waals surface area contributed by atoms with E-state index in [9.17, 15) is 39.0 Å². The molecule has 9 nitrogen and oxygen atoms in total. The normalized spacial score (nSPS) is 33.5. The smallest absolute Gasteiger partial charge is 0.235 e. The van der Waals surface area contributed by atoms with Gasteiger partial charge in [0.1, 0.15) is 11.5 Å². The second-order valence-electron chi connectivity index (χ2n) is 11.8. The van der Waals surface area contributed by atoms with Gasteiger partial charge in [0.2, 0.25) is 5.91 Å². The highest BCUT2D eigenvalue weighted by Gasteiger charge is 2.69. The lowest BCUT2D eigenvalue weighted by Gasteiger charge is -2.54. The van der Waals surface area contributed by atoms with Gasteiger partial charge in [-0.15, -0.1) is 0 Å². The average molecular weight is 512 g/mol. The second kappa shape index (κ2) is 8.68. The van der Waals surface area contributed by atoms with Gasteiger partial charge in [-0.25, -0.2) is 0 Å². The van der Waals surface area contributed by atoms with Crippen LogP contribution in [-0.2, 0) is 29.4 Å². The molecule has 0 radical (unpaired) electrons. The largest absolute Gasteiger partial charge is 0.507 e. The van der Waals surface area contributed by atoms with E-state index in [1.807, 2.05) is 20.8 Å². The first-order valence-corrected chi connectivity index (χ1v) is 12.6. The van der Waals surface area contributed by atoms with Crippen LogP contribution in [0.15, 0.2) is 12.1 Å². The molecule has 0 bridgehead atoms. The Hall–Kier alpha value is -3.20. The number of aliphatic hydroxyl groups is 1. The molecule has 9 heteroatoms. The number of amides is 1. The highest BCUT2D eigenvalue weighted by atomic mass is 16.3. The Kier molecular flexibility index (Phi) is 6.30. The number of phenols is 1. The summed E-state index contributed by atoms with van der Waals surface area (Å²) < 4.78 is 0. The highest BCUT2D eigenvalue weighted by Crippen LogP contribution is 2.57. The summed E-state index contributed by atoms with van der Waals surface area (Å²) >= 11 is 0. The zero-order valence-electron chi connectivity index (χ0n) is 21.7. The Morgan fingerprint density at radius 3 is 2.27 bits per heavy atom. The molecule has 4 rings (SSSR count). The monoisotopic (exact) mass is 511 g/mol. The molecular weight excluding hydrogens is 478 g/mol. The molecule has 3 aliphatic carbocycles. The van der Waals surface area contributed by atoms with Crippen LogP contribution in [-0.4, -0.2) is 50.6 Å². The number of fused-ring (bicyclic) bond motifs is 3. The van der Waals surface area contributed by atoms with Crippen LogP contribution < -0.4 is 5.73 Å². The van der Waals surface area contributed by atoms with E-state index in [1.54, 1.807) is 26.0 Å². The summed E-state index contributed by atoms with van der Waals surface area (Å²) in [5.41, 5.74) is 2.89. The number of carbonyl (C=O) groups is 6. The molecule has 3 aliphatic rings. The summed E-state index contributed by atoms with van der Waals surface area (Å²) in [5.74, 6) is -12.7. The van der Waals surface area contributed by atoms with E-state index in [4.69, 9.17) is 5.73 Å². The molecule has 1 amide bonds. The van der Waals surface area contributed by atoms with Gasteiger partial charge < -0.3 is 15.9 Å². The Morgan fingerprint density at radius 1 is 1.11 bits per heavy atom. The maximum Gasteiger partial charge on any atom is 0.235 e. The molecular formula is C28H33NO8. The van der Waals surface area contributed by atoms with Crippen molar-refractivity contribution in [3.8, 4) is 5.75 Å². The van der Waals surface area contributed by atoms with Crippen LogP contribution in [0, 0.1) is 29.6 Å². The molecule has 2 fully saturated rings. The van der Waals surface area contributed by atoms with Crippen molar-refractivity contribution in [1.29, 1.82) is 0 Å². The zero-order valence-corrected chi connectivity index (χ0v) is 21.7. The number of phenolic OH excluding ortho intramolecular Hbond substituents is 1. The first-order chi connectivity index (χ1) is 17.1. The van der Waals surface area contributed by atoms with Crippen molar-refractivity contribution in [2.24, 2.45) is 35.3 Å². The van der Waals surface area contributed by atoms with Gasteiger partial charge in [0, 0.05) is 25.2 Å². The first-order valence-electron chi connectivity index (χ1n) is 12.6. The molecule has 37 heavy (non-hydrogen) atoms. The second-order valence-corrected chi connectivity index (χ2v) is 11.8. The fourth-order valence-corrected chi connectivity index (χ4v) is 6.86. The van der Waals surface area contributed by atoms with Gasteiger partial charge in [0.15, 0.2) is 34.7 Å². The third-order valence-electron chi connectivity index (χ3n) is 8.73. The quantitative estimate of drug-likeness (QED) is 0.514. The van der Waals surface area contributed by atoms with Crippen molar-refractivity contribution < 1.29 is 39.0 Å². The molecule has 198 valence electrons. The highest BCUT2D eigenvalue weighted by molar-refractivity contribution is 6.31. The maximum atomic E-state index is 14.0.